The number of halogens is 1. The van der Waals surface area contributed by atoms with Crippen molar-refractivity contribution in [1.29, 1.82) is 0 Å². The number of carbonyl (C=O) groups excluding carboxylic acids is 2. The Morgan fingerprint density at radius 1 is 1.25 bits per heavy atom. The molecule has 0 aliphatic carbocycles. The Morgan fingerprint density at radius 3 is 2.67 bits per heavy atom. The van der Waals surface area contributed by atoms with Crippen LogP contribution in [0.2, 0.25) is 0 Å². The molecule has 4 nitrogen and oxygen atoms in total. The van der Waals surface area contributed by atoms with E-state index in [4.69, 9.17) is 6.42 Å². The summed E-state index contributed by atoms with van der Waals surface area (Å²) in [4.78, 5) is 26.0. The van der Waals surface area contributed by atoms with Crippen molar-refractivity contribution in [2.75, 3.05) is 18.9 Å². The predicted molar refractivity (Wildman–Crippen MR) is 98.8 cm³/mol. The molecule has 2 rings (SSSR count). The topological polar surface area (TPSA) is 49.4 Å². The number of likely N-dealkylation sites (N-methyl/N-ethyl adjacent to an activating group) is 1. The first kappa shape index (κ1) is 17.8. The minimum atomic E-state index is -0.283. The fraction of sp³-hybridized carbons (Fsp3) is 0.158. The van der Waals surface area contributed by atoms with E-state index < -0.39 is 0 Å². The molecule has 5 heteroatoms. The molecule has 0 saturated carbocycles. The van der Waals surface area contributed by atoms with Gasteiger partial charge in [0.25, 0.3) is 5.91 Å². The first-order valence-corrected chi connectivity index (χ1v) is 8.08. The van der Waals surface area contributed by atoms with Gasteiger partial charge in [0.2, 0.25) is 5.91 Å². The van der Waals surface area contributed by atoms with Gasteiger partial charge in [0, 0.05) is 28.3 Å². The molecule has 24 heavy (non-hydrogen) atoms. The van der Waals surface area contributed by atoms with E-state index in [-0.39, 0.29) is 18.4 Å². The number of carbonyl (C=O) groups is 2. The van der Waals surface area contributed by atoms with Gasteiger partial charge in [-0.25, -0.2) is 0 Å². The highest BCUT2D eigenvalue weighted by atomic mass is 79.9. The third kappa shape index (κ3) is 4.46. The summed E-state index contributed by atoms with van der Waals surface area (Å²) < 4.78 is 0.908. The predicted octanol–water partition coefficient (Wildman–Crippen LogP) is 3.45. The van der Waals surface area contributed by atoms with Crippen LogP contribution in [0.25, 0.3) is 0 Å². The van der Waals surface area contributed by atoms with Crippen molar-refractivity contribution >= 4 is 33.4 Å². The van der Waals surface area contributed by atoms with Crippen LogP contribution in [0.15, 0.2) is 46.9 Å². The zero-order valence-electron chi connectivity index (χ0n) is 13.5. The van der Waals surface area contributed by atoms with Crippen molar-refractivity contribution in [3.8, 4) is 12.3 Å². The van der Waals surface area contributed by atoms with E-state index in [0.717, 1.165) is 10.0 Å². The zero-order chi connectivity index (χ0) is 17.7. The molecular weight excluding hydrogens is 368 g/mol. The summed E-state index contributed by atoms with van der Waals surface area (Å²) >= 11 is 3.37. The van der Waals surface area contributed by atoms with E-state index in [1.54, 1.807) is 43.4 Å². The van der Waals surface area contributed by atoms with Crippen LogP contribution >= 0.6 is 15.9 Å². The summed E-state index contributed by atoms with van der Waals surface area (Å²) in [6.45, 7) is 1.81. The van der Waals surface area contributed by atoms with Gasteiger partial charge in [-0.15, -0.1) is 6.42 Å². The normalized spacial score (nSPS) is 9.92. The zero-order valence-corrected chi connectivity index (χ0v) is 15.1. The number of anilines is 1. The molecule has 0 radical (unpaired) electrons. The Hall–Kier alpha value is -2.58. The molecule has 0 atom stereocenters. The lowest BCUT2D eigenvalue weighted by atomic mass is 10.1. The van der Waals surface area contributed by atoms with Gasteiger partial charge in [-0.05, 0) is 48.9 Å². The standard InChI is InChI=1S/C19H17BrN2O2/c1-4-14-6-5-7-16(11-14)21-18(23)12-22(3)19(24)17-9-8-15(20)10-13(17)2/h1,5-11H,12H2,2-3H3,(H,21,23). The second-order valence-electron chi connectivity index (χ2n) is 5.39. The van der Waals surface area contributed by atoms with Crippen LogP contribution in [0.4, 0.5) is 5.69 Å². The van der Waals surface area contributed by atoms with E-state index in [0.29, 0.717) is 16.8 Å². The number of aryl methyl sites for hydroxylation is 1. The van der Waals surface area contributed by atoms with Gasteiger partial charge in [0.1, 0.15) is 0 Å². The molecule has 0 aliphatic rings. The second-order valence-corrected chi connectivity index (χ2v) is 6.31. The maximum Gasteiger partial charge on any atom is 0.254 e. The SMILES string of the molecule is C#Cc1cccc(NC(=O)CN(C)C(=O)c2ccc(Br)cc2C)c1. The number of hydrogen-bond acceptors (Lipinski definition) is 2. The lowest BCUT2D eigenvalue weighted by Crippen LogP contribution is -2.35. The van der Waals surface area contributed by atoms with Crippen LogP contribution in [-0.2, 0) is 4.79 Å². The quantitative estimate of drug-likeness (QED) is 0.820. The van der Waals surface area contributed by atoms with Gasteiger partial charge >= 0.3 is 0 Å². The van der Waals surface area contributed by atoms with Gasteiger partial charge in [0.15, 0.2) is 0 Å². The molecule has 0 spiro atoms. The van der Waals surface area contributed by atoms with Crippen LogP contribution in [0.3, 0.4) is 0 Å². The van der Waals surface area contributed by atoms with E-state index in [2.05, 4.69) is 27.2 Å². The third-order valence-corrected chi connectivity index (χ3v) is 3.95. The molecular formula is C19H17BrN2O2. The molecule has 0 aromatic heterocycles. The number of nitrogens with zero attached hydrogens (tertiary/aromatic N) is 1. The maximum absolute atomic E-state index is 12.5. The highest BCUT2D eigenvalue weighted by Crippen LogP contribution is 2.17. The van der Waals surface area contributed by atoms with Crippen molar-refractivity contribution in [2.24, 2.45) is 0 Å². The highest BCUT2D eigenvalue weighted by Gasteiger charge is 2.17. The van der Waals surface area contributed by atoms with Gasteiger partial charge in [-0.3, -0.25) is 9.59 Å². The second kappa shape index (κ2) is 7.80. The number of nitrogens with one attached hydrogen (secondary N) is 1. The molecule has 0 saturated heterocycles. The van der Waals surface area contributed by atoms with Crippen molar-refractivity contribution in [3.05, 3.63) is 63.6 Å². The Kier molecular flexibility index (Phi) is 5.78. The monoisotopic (exact) mass is 384 g/mol. The van der Waals surface area contributed by atoms with Crippen LogP contribution in [0.5, 0.6) is 0 Å². The molecule has 122 valence electrons. The van der Waals surface area contributed by atoms with Gasteiger partial charge in [0.05, 0.1) is 6.54 Å². The minimum Gasteiger partial charge on any atom is -0.332 e. The molecule has 2 aromatic carbocycles. The molecule has 0 heterocycles. The van der Waals surface area contributed by atoms with E-state index >= 15 is 0 Å². The average molecular weight is 385 g/mol. The number of hydrogen-bond donors (Lipinski definition) is 1. The van der Waals surface area contributed by atoms with Gasteiger partial charge in [-0.1, -0.05) is 27.9 Å². The summed E-state index contributed by atoms with van der Waals surface area (Å²) in [7, 11) is 1.60. The Bertz CT molecular complexity index is 824. The van der Waals surface area contributed by atoms with Crippen molar-refractivity contribution < 1.29 is 9.59 Å². The van der Waals surface area contributed by atoms with Gasteiger partial charge in [-0.2, -0.15) is 0 Å². The third-order valence-electron chi connectivity index (χ3n) is 3.46. The lowest BCUT2D eigenvalue weighted by Gasteiger charge is -2.18. The van der Waals surface area contributed by atoms with E-state index in [1.807, 2.05) is 13.0 Å². The fourth-order valence-corrected chi connectivity index (χ4v) is 2.72. The molecule has 2 amide bonds. The number of rotatable bonds is 4. The molecule has 1 N–H and O–H groups in total. The summed E-state index contributed by atoms with van der Waals surface area (Å²) in [6, 6.07) is 12.4. The van der Waals surface area contributed by atoms with Crippen LogP contribution in [0.1, 0.15) is 21.5 Å². The minimum absolute atomic E-state index is 0.0470. The average Bonchev–Trinajstić information content (AvgIpc) is 2.54. The lowest BCUT2D eigenvalue weighted by molar-refractivity contribution is -0.116. The molecule has 0 unspecified atom stereocenters. The van der Waals surface area contributed by atoms with Crippen LogP contribution in [-0.4, -0.2) is 30.3 Å². The largest absolute Gasteiger partial charge is 0.332 e. The fourth-order valence-electron chi connectivity index (χ4n) is 2.25. The number of amides is 2. The van der Waals surface area contributed by atoms with Crippen molar-refractivity contribution in [2.45, 2.75) is 6.92 Å². The Labute approximate surface area is 150 Å². The molecule has 0 fully saturated rings. The first-order chi connectivity index (χ1) is 11.4. The van der Waals surface area contributed by atoms with Crippen LogP contribution in [0, 0.1) is 19.3 Å². The maximum atomic E-state index is 12.5. The molecule has 0 bridgehead atoms. The van der Waals surface area contributed by atoms with Crippen LogP contribution < -0.4 is 5.32 Å². The number of terminal acetylenes is 1. The highest BCUT2D eigenvalue weighted by molar-refractivity contribution is 9.10. The smallest absolute Gasteiger partial charge is 0.254 e. The number of benzene rings is 2. The summed E-state index contributed by atoms with van der Waals surface area (Å²) in [5.74, 6) is 2.03. The summed E-state index contributed by atoms with van der Waals surface area (Å²) in [5, 5.41) is 2.74. The van der Waals surface area contributed by atoms with E-state index in [9.17, 15) is 9.59 Å². The Balaban J connectivity index is 2.02. The molecule has 2 aromatic rings. The van der Waals surface area contributed by atoms with E-state index in [1.165, 1.54) is 4.90 Å². The Morgan fingerprint density at radius 2 is 2.00 bits per heavy atom. The van der Waals surface area contributed by atoms with Gasteiger partial charge < -0.3 is 10.2 Å². The summed E-state index contributed by atoms with van der Waals surface area (Å²) in [6.07, 6.45) is 5.34. The first-order valence-electron chi connectivity index (χ1n) is 7.29. The summed E-state index contributed by atoms with van der Waals surface area (Å²) in [5.41, 5.74) is 2.71. The molecule has 0 aliphatic heterocycles. The van der Waals surface area contributed by atoms with Crippen molar-refractivity contribution in [1.82, 2.24) is 4.90 Å². The van der Waals surface area contributed by atoms with Crippen molar-refractivity contribution in [3.63, 3.8) is 0 Å².